The van der Waals surface area contributed by atoms with Crippen molar-refractivity contribution in [2.24, 2.45) is 0 Å². The van der Waals surface area contributed by atoms with E-state index in [9.17, 15) is 4.79 Å². The Morgan fingerprint density at radius 1 is 1.23 bits per heavy atom. The summed E-state index contributed by atoms with van der Waals surface area (Å²) in [6.45, 7) is 2.66. The van der Waals surface area contributed by atoms with Crippen LogP contribution < -0.4 is 10.6 Å². The second-order valence-electron chi connectivity index (χ2n) is 5.31. The highest BCUT2D eigenvalue weighted by molar-refractivity contribution is 7.09. The molecule has 1 heterocycles. The summed E-state index contributed by atoms with van der Waals surface area (Å²) in [4.78, 5) is 13.1. The maximum Gasteiger partial charge on any atom is 0.315 e. The van der Waals surface area contributed by atoms with Gasteiger partial charge >= 0.3 is 6.03 Å². The van der Waals surface area contributed by atoms with E-state index in [0.717, 1.165) is 24.0 Å². The van der Waals surface area contributed by atoms with E-state index in [2.05, 4.69) is 16.7 Å². The SMILES string of the molecule is CC(Cc1cccs1)NC(=O)NCCc1ccc(CO)cc1. The summed E-state index contributed by atoms with van der Waals surface area (Å²) in [7, 11) is 0. The molecule has 118 valence electrons. The molecule has 3 N–H and O–H groups in total. The van der Waals surface area contributed by atoms with Crippen molar-refractivity contribution in [3.63, 3.8) is 0 Å². The molecular formula is C17H22N2O2S. The van der Waals surface area contributed by atoms with E-state index in [-0.39, 0.29) is 18.7 Å². The summed E-state index contributed by atoms with van der Waals surface area (Å²) < 4.78 is 0. The summed E-state index contributed by atoms with van der Waals surface area (Å²) in [5, 5.41) is 16.9. The Bertz CT molecular complexity index is 567. The molecule has 0 aliphatic rings. The fourth-order valence-corrected chi connectivity index (χ4v) is 3.02. The van der Waals surface area contributed by atoms with E-state index in [1.54, 1.807) is 11.3 Å². The molecule has 2 amide bonds. The van der Waals surface area contributed by atoms with Crippen molar-refractivity contribution in [3.05, 3.63) is 57.8 Å². The maximum absolute atomic E-state index is 11.8. The summed E-state index contributed by atoms with van der Waals surface area (Å²) >= 11 is 1.71. The number of benzene rings is 1. The lowest BCUT2D eigenvalue weighted by Gasteiger charge is -2.14. The van der Waals surface area contributed by atoms with Gasteiger partial charge in [-0.25, -0.2) is 4.79 Å². The van der Waals surface area contributed by atoms with Crippen LogP contribution in [0.15, 0.2) is 41.8 Å². The van der Waals surface area contributed by atoms with Gasteiger partial charge < -0.3 is 15.7 Å². The van der Waals surface area contributed by atoms with E-state index in [1.165, 1.54) is 4.88 Å². The minimum atomic E-state index is -0.129. The predicted molar refractivity (Wildman–Crippen MR) is 90.1 cm³/mol. The van der Waals surface area contributed by atoms with Crippen molar-refractivity contribution >= 4 is 17.4 Å². The van der Waals surface area contributed by atoms with Crippen LogP contribution >= 0.6 is 11.3 Å². The van der Waals surface area contributed by atoms with Gasteiger partial charge in [0.05, 0.1) is 6.61 Å². The number of aliphatic hydroxyl groups excluding tert-OH is 1. The topological polar surface area (TPSA) is 61.4 Å². The lowest BCUT2D eigenvalue weighted by molar-refractivity contribution is 0.238. The van der Waals surface area contributed by atoms with Gasteiger partial charge in [-0.3, -0.25) is 0 Å². The molecule has 1 aromatic carbocycles. The van der Waals surface area contributed by atoms with Gasteiger partial charge in [0.2, 0.25) is 0 Å². The van der Waals surface area contributed by atoms with Crippen LogP contribution in [0.3, 0.4) is 0 Å². The van der Waals surface area contributed by atoms with Gasteiger partial charge in [0, 0.05) is 23.9 Å². The molecule has 0 spiro atoms. The van der Waals surface area contributed by atoms with Crippen LogP contribution in [0.5, 0.6) is 0 Å². The molecule has 22 heavy (non-hydrogen) atoms. The fraction of sp³-hybridized carbons (Fsp3) is 0.353. The van der Waals surface area contributed by atoms with Crippen LogP contribution in [0.4, 0.5) is 4.79 Å². The Balaban J connectivity index is 1.66. The van der Waals surface area contributed by atoms with Crippen molar-refractivity contribution in [3.8, 4) is 0 Å². The first-order chi connectivity index (χ1) is 10.7. The Hall–Kier alpha value is -1.85. The van der Waals surface area contributed by atoms with E-state index < -0.39 is 0 Å². The smallest absolute Gasteiger partial charge is 0.315 e. The van der Waals surface area contributed by atoms with Gasteiger partial charge in [-0.2, -0.15) is 0 Å². The first kappa shape index (κ1) is 16.5. The number of nitrogens with one attached hydrogen (secondary N) is 2. The molecule has 0 fully saturated rings. The zero-order chi connectivity index (χ0) is 15.8. The van der Waals surface area contributed by atoms with Crippen molar-refractivity contribution in [2.45, 2.75) is 32.4 Å². The standard InChI is InChI=1S/C17H22N2O2S/c1-13(11-16-3-2-10-22-16)19-17(21)18-9-8-14-4-6-15(12-20)7-5-14/h2-7,10,13,20H,8-9,11-12H2,1H3,(H2,18,19,21). The Morgan fingerprint density at radius 3 is 2.59 bits per heavy atom. The van der Waals surface area contributed by atoms with Crippen LogP contribution in [-0.4, -0.2) is 23.7 Å². The third-order valence-corrected chi connectivity index (χ3v) is 4.27. The van der Waals surface area contributed by atoms with Gasteiger partial charge in [-0.05, 0) is 35.9 Å². The largest absolute Gasteiger partial charge is 0.392 e. The highest BCUT2D eigenvalue weighted by Crippen LogP contribution is 2.10. The molecular weight excluding hydrogens is 296 g/mol. The molecule has 5 heteroatoms. The molecule has 0 aliphatic heterocycles. The minimum Gasteiger partial charge on any atom is -0.392 e. The fourth-order valence-electron chi connectivity index (χ4n) is 2.19. The van der Waals surface area contributed by atoms with Gasteiger partial charge in [0.25, 0.3) is 0 Å². The monoisotopic (exact) mass is 318 g/mol. The number of urea groups is 1. The highest BCUT2D eigenvalue weighted by atomic mass is 32.1. The third kappa shape index (κ3) is 5.50. The number of thiophene rings is 1. The van der Waals surface area contributed by atoms with Gasteiger partial charge in [-0.1, -0.05) is 30.3 Å². The van der Waals surface area contributed by atoms with E-state index in [4.69, 9.17) is 5.11 Å². The van der Waals surface area contributed by atoms with E-state index in [0.29, 0.717) is 6.54 Å². The molecule has 0 bridgehead atoms. The summed E-state index contributed by atoms with van der Waals surface area (Å²) in [6.07, 6.45) is 1.63. The van der Waals surface area contributed by atoms with Crippen molar-refractivity contribution in [1.82, 2.24) is 10.6 Å². The number of carbonyl (C=O) groups excluding carboxylic acids is 1. The van der Waals surface area contributed by atoms with Gasteiger partial charge in [0.15, 0.2) is 0 Å². The van der Waals surface area contributed by atoms with E-state index >= 15 is 0 Å². The number of rotatable bonds is 7. The zero-order valence-corrected chi connectivity index (χ0v) is 13.5. The number of hydrogen-bond acceptors (Lipinski definition) is 3. The molecule has 1 atom stereocenters. The first-order valence-corrected chi connectivity index (χ1v) is 8.31. The first-order valence-electron chi connectivity index (χ1n) is 7.43. The quantitative estimate of drug-likeness (QED) is 0.735. The lowest BCUT2D eigenvalue weighted by atomic mass is 10.1. The van der Waals surface area contributed by atoms with Gasteiger partial charge in [-0.15, -0.1) is 11.3 Å². The van der Waals surface area contributed by atoms with Crippen LogP contribution in [-0.2, 0) is 19.4 Å². The van der Waals surface area contributed by atoms with Crippen molar-refractivity contribution in [2.75, 3.05) is 6.54 Å². The second kappa shape index (κ2) is 8.56. The molecule has 1 unspecified atom stereocenters. The molecule has 4 nitrogen and oxygen atoms in total. The molecule has 0 aliphatic carbocycles. The van der Waals surface area contributed by atoms with Crippen molar-refractivity contribution < 1.29 is 9.90 Å². The second-order valence-corrected chi connectivity index (χ2v) is 6.34. The molecule has 0 radical (unpaired) electrons. The zero-order valence-electron chi connectivity index (χ0n) is 12.7. The van der Waals surface area contributed by atoms with Gasteiger partial charge in [0.1, 0.15) is 0 Å². The normalized spacial score (nSPS) is 11.9. The van der Waals surface area contributed by atoms with Crippen LogP contribution in [0.1, 0.15) is 22.9 Å². The lowest BCUT2D eigenvalue weighted by Crippen LogP contribution is -2.42. The maximum atomic E-state index is 11.8. The van der Waals surface area contributed by atoms with Crippen LogP contribution in [0.25, 0.3) is 0 Å². The molecule has 1 aromatic heterocycles. The number of carbonyl (C=O) groups is 1. The Kier molecular flexibility index (Phi) is 6.43. The van der Waals surface area contributed by atoms with E-state index in [1.807, 2.05) is 42.6 Å². The average molecular weight is 318 g/mol. The summed E-state index contributed by atoms with van der Waals surface area (Å²) in [5.74, 6) is 0. The summed E-state index contributed by atoms with van der Waals surface area (Å²) in [5.41, 5.74) is 2.04. The Morgan fingerprint density at radius 2 is 1.95 bits per heavy atom. The predicted octanol–water partition coefficient (Wildman–Crippen LogP) is 2.71. The number of amides is 2. The number of aliphatic hydroxyl groups is 1. The van der Waals surface area contributed by atoms with Crippen LogP contribution in [0, 0.1) is 0 Å². The molecule has 0 saturated carbocycles. The average Bonchev–Trinajstić information content (AvgIpc) is 3.00. The third-order valence-electron chi connectivity index (χ3n) is 3.37. The number of hydrogen-bond donors (Lipinski definition) is 3. The van der Waals surface area contributed by atoms with Crippen LogP contribution in [0.2, 0.25) is 0 Å². The Labute approximate surface area is 135 Å². The highest BCUT2D eigenvalue weighted by Gasteiger charge is 2.08. The molecule has 2 aromatic rings. The molecule has 2 rings (SSSR count). The summed E-state index contributed by atoms with van der Waals surface area (Å²) in [6, 6.07) is 11.8. The molecule has 0 saturated heterocycles. The minimum absolute atomic E-state index is 0.0586. The van der Waals surface area contributed by atoms with Crippen molar-refractivity contribution in [1.29, 1.82) is 0 Å².